The fraction of sp³-hybridized carbons (Fsp3) is 0.706. The number of aromatic nitrogens is 1. The Hall–Kier alpha value is -0.970. The van der Waals surface area contributed by atoms with Crippen molar-refractivity contribution in [2.75, 3.05) is 19.7 Å². The highest BCUT2D eigenvalue weighted by atomic mass is 16.3. The molecule has 0 aromatic carbocycles. The first-order valence-corrected chi connectivity index (χ1v) is 8.22. The van der Waals surface area contributed by atoms with Gasteiger partial charge in [0.05, 0.1) is 5.69 Å². The van der Waals surface area contributed by atoms with E-state index in [2.05, 4.69) is 41.2 Å². The Morgan fingerprint density at radius 3 is 2.95 bits per heavy atom. The molecule has 4 heteroatoms. The summed E-state index contributed by atoms with van der Waals surface area (Å²) in [7, 11) is 0. The number of likely N-dealkylation sites (tertiary alicyclic amines) is 1. The van der Waals surface area contributed by atoms with E-state index in [1.54, 1.807) is 0 Å². The van der Waals surface area contributed by atoms with Gasteiger partial charge in [-0.15, -0.1) is 0 Å². The van der Waals surface area contributed by atoms with Crippen LogP contribution < -0.4 is 5.32 Å². The van der Waals surface area contributed by atoms with Gasteiger partial charge in [0, 0.05) is 44.5 Å². The molecule has 0 saturated carbocycles. The van der Waals surface area contributed by atoms with Gasteiger partial charge in [0.15, 0.2) is 0 Å². The van der Waals surface area contributed by atoms with E-state index in [9.17, 15) is 0 Å². The topological polar surface area (TPSA) is 48.4 Å². The number of pyridine rings is 1. The Kier molecular flexibility index (Phi) is 6.61. The molecule has 21 heavy (non-hydrogen) atoms. The fourth-order valence-corrected chi connectivity index (χ4v) is 3.21. The van der Waals surface area contributed by atoms with E-state index in [1.165, 1.54) is 6.42 Å². The van der Waals surface area contributed by atoms with Crippen LogP contribution in [0.15, 0.2) is 24.4 Å². The summed E-state index contributed by atoms with van der Waals surface area (Å²) >= 11 is 0. The molecule has 0 amide bonds. The van der Waals surface area contributed by atoms with E-state index in [0.29, 0.717) is 18.0 Å². The lowest BCUT2D eigenvalue weighted by Crippen LogP contribution is -2.51. The smallest absolute Gasteiger partial charge is 0.0543 e. The molecule has 3 atom stereocenters. The van der Waals surface area contributed by atoms with Crippen LogP contribution in [-0.2, 0) is 6.54 Å². The molecule has 1 aliphatic heterocycles. The number of aliphatic hydroxyl groups excluding tert-OH is 1. The molecule has 118 valence electrons. The van der Waals surface area contributed by atoms with Gasteiger partial charge >= 0.3 is 0 Å². The van der Waals surface area contributed by atoms with Gasteiger partial charge < -0.3 is 10.4 Å². The van der Waals surface area contributed by atoms with E-state index in [0.717, 1.165) is 38.2 Å². The maximum Gasteiger partial charge on any atom is 0.0543 e. The van der Waals surface area contributed by atoms with Crippen molar-refractivity contribution in [3.63, 3.8) is 0 Å². The quantitative estimate of drug-likeness (QED) is 0.807. The number of hydrogen-bond acceptors (Lipinski definition) is 4. The maximum atomic E-state index is 9.11. The summed E-state index contributed by atoms with van der Waals surface area (Å²) in [5, 5.41) is 12.9. The van der Waals surface area contributed by atoms with Crippen molar-refractivity contribution < 1.29 is 5.11 Å². The van der Waals surface area contributed by atoms with Gasteiger partial charge in [-0.05, 0) is 37.3 Å². The van der Waals surface area contributed by atoms with E-state index in [-0.39, 0.29) is 6.61 Å². The molecule has 1 fully saturated rings. The molecule has 0 aliphatic carbocycles. The van der Waals surface area contributed by atoms with Crippen molar-refractivity contribution in [2.45, 2.75) is 51.7 Å². The lowest BCUT2D eigenvalue weighted by molar-refractivity contribution is 0.128. The fourth-order valence-electron chi connectivity index (χ4n) is 3.21. The highest BCUT2D eigenvalue weighted by Gasteiger charge is 2.27. The molecule has 0 bridgehead atoms. The van der Waals surface area contributed by atoms with Crippen LogP contribution in [0.1, 0.15) is 38.8 Å². The molecule has 2 N–H and O–H groups in total. The highest BCUT2D eigenvalue weighted by Crippen LogP contribution is 2.19. The van der Waals surface area contributed by atoms with Gasteiger partial charge in [-0.2, -0.15) is 0 Å². The van der Waals surface area contributed by atoms with Crippen LogP contribution in [0, 0.1) is 5.92 Å². The summed E-state index contributed by atoms with van der Waals surface area (Å²) in [5.74, 6) is 0.634. The van der Waals surface area contributed by atoms with E-state index in [4.69, 9.17) is 5.11 Å². The number of nitrogens with one attached hydrogen (secondary N) is 1. The Morgan fingerprint density at radius 2 is 2.33 bits per heavy atom. The number of piperidine rings is 1. The number of aliphatic hydroxyl groups is 1. The third kappa shape index (κ3) is 5.06. The predicted molar refractivity (Wildman–Crippen MR) is 86.0 cm³/mol. The average molecular weight is 291 g/mol. The van der Waals surface area contributed by atoms with E-state index in [1.807, 2.05) is 12.3 Å². The van der Waals surface area contributed by atoms with E-state index >= 15 is 0 Å². The Bertz CT molecular complexity index is 398. The van der Waals surface area contributed by atoms with Crippen LogP contribution >= 0.6 is 0 Å². The Morgan fingerprint density at radius 1 is 1.48 bits per heavy atom. The molecule has 1 aromatic rings. The SMILES string of the molecule is CCC(CCO)NC1CCN(Cc2ccccn2)CC1C. The van der Waals surface area contributed by atoms with Crippen LogP contribution in [0.4, 0.5) is 0 Å². The molecule has 1 saturated heterocycles. The lowest BCUT2D eigenvalue weighted by Gasteiger charge is -2.39. The summed E-state index contributed by atoms with van der Waals surface area (Å²) < 4.78 is 0. The first-order chi connectivity index (χ1) is 10.2. The van der Waals surface area contributed by atoms with Gasteiger partial charge in [-0.1, -0.05) is 19.9 Å². The molecule has 3 unspecified atom stereocenters. The predicted octanol–water partition coefficient (Wildman–Crippen LogP) is 2.04. The minimum absolute atomic E-state index is 0.276. The second-order valence-electron chi connectivity index (χ2n) is 6.21. The van der Waals surface area contributed by atoms with Crippen LogP contribution in [-0.4, -0.2) is 46.8 Å². The normalized spacial score (nSPS) is 24.9. The van der Waals surface area contributed by atoms with E-state index < -0.39 is 0 Å². The third-order valence-electron chi connectivity index (χ3n) is 4.52. The minimum atomic E-state index is 0.276. The van der Waals surface area contributed by atoms with Gasteiger partial charge in [0.2, 0.25) is 0 Å². The van der Waals surface area contributed by atoms with Gasteiger partial charge in [0.1, 0.15) is 0 Å². The molecule has 4 nitrogen and oxygen atoms in total. The summed E-state index contributed by atoms with van der Waals surface area (Å²) in [6, 6.07) is 7.14. The van der Waals surface area contributed by atoms with Crippen LogP contribution in [0.25, 0.3) is 0 Å². The number of nitrogens with zero attached hydrogens (tertiary/aromatic N) is 2. The van der Waals surface area contributed by atoms with Crippen molar-refractivity contribution in [3.8, 4) is 0 Å². The first-order valence-electron chi connectivity index (χ1n) is 8.22. The Balaban J connectivity index is 1.81. The largest absolute Gasteiger partial charge is 0.396 e. The monoisotopic (exact) mass is 291 g/mol. The second kappa shape index (κ2) is 8.47. The molecule has 2 rings (SSSR count). The van der Waals surface area contributed by atoms with Crippen LogP contribution in [0.2, 0.25) is 0 Å². The lowest BCUT2D eigenvalue weighted by atomic mass is 9.92. The molecule has 0 spiro atoms. The van der Waals surface area contributed by atoms with Gasteiger partial charge in [0.25, 0.3) is 0 Å². The second-order valence-corrected chi connectivity index (χ2v) is 6.21. The van der Waals surface area contributed by atoms with Crippen LogP contribution in [0.5, 0.6) is 0 Å². The average Bonchev–Trinajstić information content (AvgIpc) is 2.50. The highest BCUT2D eigenvalue weighted by molar-refractivity contribution is 5.03. The van der Waals surface area contributed by atoms with Gasteiger partial charge in [-0.25, -0.2) is 0 Å². The van der Waals surface area contributed by atoms with Crippen molar-refractivity contribution in [2.24, 2.45) is 5.92 Å². The summed E-state index contributed by atoms with van der Waals surface area (Å²) in [6.07, 6.45) is 4.99. The molecule has 0 radical (unpaired) electrons. The summed E-state index contributed by atoms with van der Waals surface area (Å²) in [5.41, 5.74) is 1.16. The third-order valence-corrected chi connectivity index (χ3v) is 4.52. The van der Waals surface area contributed by atoms with Crippen molar-refractivity contribution in [1.29, 1.82) is 0 Å². The first kappa shape index (κ1) is 16.4. The Labute approximate surface area is 128 Å². The zero-order valence-corrected chi connectivity index (χ0v) is 13.3. The molecule has 1 aromatic heterocycles. The zero-order valence-electron chi connectivity index (χ0n) is 13.3. The minimum Gasteiger partial charge on any atom is -0.396 e. The molecular formula is C17H29N3O. The van der Waals surface area contributed by atoms with Crippen molar-refractivity contribution in [3.05, 3.63) is 30.1 Å². The summed E-state index contributed by atoms with van der Waals surface area (Å²) in [4.78, 5) is 6.92. The molecular weight excluding hydrogens is 262 g/mol. The molecule has 1 aliphatic rings. The standard InChI is InChI=1S/C17H29N3O/c1-3-15(8-11-21)19-17-7-10-20(12-14(17)2)13-16-6-4-5-9-18-16/h4-6,9,14-15,17,19,21H,3,7-8,10-13H2,1-2H3. The maximum absolute atomic E-state index is 9.11. The molecule has 2 heterocycles. The van der Waals surface area contributed by atoms with Crippen LogP contribution in [0.3, 0.4) is 0 Å². The zero-order chi connectivity index (χ0) is 15.1. The number of hydrogen-bond donors (Lipinski definition) is 2. The van der Waals surface area contributed by atoms with Gasteiger partial charge in [-0.3, -0.25) is 9.88 Å². The van der Waals surface area contributed by atoms with Crippen molar-refractivity contribution >= 4 is 0 Å². The number of rotatable bonds is 7. The van der Waals surface area contributed by atoms with Crippen molar-refractivity contribution in [1.82, 2.24) is 15.2 Å². The summed E-state index contributed by atoms with van der Waals surface area (Å²) in [6.45, 7) is 7.98.